The smallest absolute Gasteiger partial charge is 0.242 e. The molecule has 2 aromatic rings. The summed E-state index contributed by atoms with van der Waals surface area (Å²) in [5.41, 5.74) is 1.69. The van der Waals surface area contributed by atoms with E-state index in [1.54, 1.807) is 6.08 Å². The van der Waals surface area contributed by atoms with Crippen molar-refractivity contribution in [1.82, 2.24) is 0 Å². The summed E-state index contributed by atoms with van der Waals surface area (Å²) in [6.45, 7) is 6.46. The van der Waals surface area contributed by atoms with Crippen LogP contribution in [0.15, 0.2) is 60.7 Å². The minimum Gasteiger partial charge on any atom is -0.544 e. The van der Waals surface area contributed by atoms with E-state index in [-0.39, 0.29) is 5.78 Å². The third-order valence-electron chi connectivity index (χ3n) is 2.79. The van der Waals surface area contributed by atoms with Crippen molar-refractivity contribution >= 4 is 20.2 Å². The van der Waals surface area contributed by atoms with Gasteiger partial charge in [0, 0.05) is 5.56 Å². The van der Waals surface area contributed by atoms with Crippen molar-refractivity contribution in [2.24, 2.45) is 0 Å². The normalized spacial score (nSPS) is 11.6. The number of rotatable bonds is 5. The van der Waals surface area contributed by atoms with Crippen LogP contribution < -0.4 is 4.43 Å². The van der Waals surface area contributed by atoms with Crippen molar-refractivity contribution in [1.29, 1.82) is 0 Å². The number of benzene rings is 2. The van der Waals surface area contributed by atoms with Gasteiger partial charge in [-0.3, -0.25) is 4.79 Å². The van der Waals surface area contributed by atoms with Gasteiger partial charge in [0.25, 0.3) is 0 Å². The lowest BCUT2D eigenvalue weighted by Gasteiger charge is -2.18. The van der Waals surface area contributed by atoms with Crippen molar-refractivity contribution < 1.29 is 9.22 Å². The Morgan fingerprint density at radius 2 is 1.57 bits per heavy atom. The van der Waals surface area contributed by atoms with Gasteiger partial charge in [0.05, 0.1) is 0 Å². The van der Waals surface area contributed by atoms with E-state index < -0.39 is 8.32 Å². The molecule has 3 heteroatoms. The standard InChI is InChI=1S/C18H20O2Si/c1-21(2,3)20-17-12-9-15(10-13-17)11-14-18(19)16-7-5-4-6-8-16/h4-14H,1-3H3/b14-11+. The zero-order chi connectivity index (χ0) is 15.3. The summed E-state index contributed by atoms with van der Waals surface area (Å²) in [6, 6.07) is 17.1. The van der Waals surface area contributed by atoms with E-state index in [0.29, 0.717) is 5.56 Å². The maximum absolute atomic E-state index is 12.0. The first-order valence-corrected chi connectivity index (χ1v) is 10.4. The fourth-order valence-electron chi connectivity index (χ4n) is 1.87. The molecule has 0 atom stereocenters. The van der Waals surface area contributed by atoms with Gasteiger partial charge in [0.15, 0.2) is 5.78 Å². The Morgan fingerprint density at radius 1 is 0.952 bits per heavy atom. The van der Waals surface area contributed by atoms with Gasteiger partial charge in [-0.1, -0.05) is 48.5 Å². The highest BCUT2D eigenvalue weighted by Crippen LogP contribution is 2.17. The molecule has 0 aliphatic rings. The summed E-state index contributed by atoms with van der Waals surface area (Å²) in [5, 5.41) is 0. The molecule has 2 aromatic carbocycles. The van der Waals surface area contributed by atoms with E-state index in [0.717, 1.165) is 11.3 Å². The highest BCUT2D eigenvalue weighted by molar-refractivity contribution is 6.70. The Labute approximate surface area is 127 Å². The summed E-state index contributed by atoms with van der Waals surface area (Å²) in [6.07, 6.45) is 3.43. The molecule has 0 spiro atoms. The van der Waals surface area contributed by atoms with Gasteiger partial charge in [-0.15, -0.1) is 0 Å². The van der Waals surface area contributed by atoms with Crippen LogP contribution in [-0.4, -0.2) is 14.1 Å². The van der Waals surface area contributed by atoms with Gasteiger partial charge < -0.3 is 4.43 Å². The predicted octanol–water partition coefficient (Wildman–Crippen LogP) is 4.80. The zero-order valence-electron chi connectivity index (χ0n) is 12.7. The molecule has 0 amide bonds. The molecular formula is C18H20O2Si. The summed E-state index contributed by atoms with van der Waals surface area (Å²) in [7, 11) is -1.57. The van der Waals surface area contributed by atoms with Crippen molar-refractivity contribution in [3.63, 3.8) is 0 Å². The predicted molar refractivity (Wildman–Crippen MR) is 90.2 cm³/mol. The lowest BCUT2D eigenvalue weighted by atomic mass is 10.1. The molecule has 0 aromatic heterocycles. The lowest BCUT2D eigenvalue weighted by Crippen LogP contribution is -2.29. The van der Waals surface area contributed by atoms with E-state index >= 15 is 0 Å². The van der Waals surface area contributed by atoms with Crippen LogP contribution in [0.3, 0.4) is 0 Å². The van der Waals surface area contributed by atoms with Crippen LogP contribution >= 0.6 is 0 Å². The topological polar surface area (TPSA) is 26.3 Å². The largest absolute Gasteiger partial charge is 0.544 e. The Kier molecular flexibility index (Phi) is 4.76. The van der Waals surface area contributed by atoms with Gasteiger partial charge in [0.2, 0.25) is 8.32 Å². The Balaban J connectivity index is 2.03. The fraction of sp³-hybridized carbons (Fsp3) is 0.167. The van der Waals surface area contributed by atoms with Crippen molar-refractivity contribution in [3.05, 3.63) is 71.8 Å². The van der Waals surface area contributed by atoms with Crippen molar-refractivity contribution in [2.45, 2.75) is 19.6 Å². The molecule has 2 rings (SSSR count). The number of ketones is 1. The molecule has 21 heavy (non-hydrogen) atoms. The summed E-state index contributed by atoms with van der Waals surface area (Å²) in [5.74, 6) is 0.902. The second-order valence-corrected chi connectivity index (χ2v) is 10.3. The number of allylic oxidation sites excluding steroid dienone is 1. The maximum atomic E-state index is 12.0. The van der Waals surface area contributed by atoms with E-state index in [1.807, 2.05) is 60.7 Å². The third-order valence-corrected chi connectivity index (χ3v) is 3.64. The van der Waals surface area contributed by atoms with Gasteiger partial charge in [0.1, 0.15) is 5.75 Å². The summed E-state index contributed by atoms with van der Waals surface area (Å²) >= 11 is 0. The molecule has 108 valence electrons. The molecule has 2 nitrogen and oxygen atoms in total. The van der Waals surface area contributed by atoms with Crippen LogP contribution in [0.5, 0.6) is 5.75 Å². The molecule has 0 aliphatic carbocycles. The van der Waals surface area contributed by atoms with Crippen LogP contribution in [0.25, 0.3) is 6.08 Å². The first-order valence-electron chi connectivity index (χ1n) is 7.01. The summed E-state index contributed by atoms with van der Waals surface area (Å²) < 4.78 is 5.90. The average molecular weight is 296 g/mol. The van der Waals surface area contributed by atoms with Gasteiger partial charge in [-0.05, 0) is 43.4 Å². The Hall–Kier alpha value is -2.13. The Morgan fingerprint density at radius 3 is 2.14 bits per heavy atom. The maximum Gasteiger partial charge on any atom is 0.242 e. The number of carbonyl (C=O) groups excluding carboxylic acids is 1. The van der Waals surface area contributed by atoms with Crippen LogP contribution in [0.1, 0.15) is 15.9 Å². The molecule has 0 radical (unpaired) electrons. The van der Waals surface area contributed by atoms with Crippen LogP contribution in [0.2, 0.25) is 19.6 Å². The third kappa shape index (κ3) is 5.04. The molecule has 0 saturated carbocycles. The van der Waals surface area contributed by atoms with E-state index in [4.69, 9.17) is 4.43 Å². The summed E-state index contributed by atoms with van der Waals surface area (Å²) in [4.78, 5) is 12.0. The van der Waals surface area contributed by atoms with Crippen molar-refractivity contribution in [2.75, 3.05) is 0 Å². The Bertz CT molecular complexity index is 623. The van der Waals surface area contributed by atoms with E-state index in [9.17, 15) is 4.79 Å². The van der Waals surface area contributed by atoms with Gasteiger partial charge in [-0.2, -0.15) is 0 Å². The SMILES string of the molecule is C[Si](C)(C)Oc1ccc(/C=C/C(=O)c2ccccc2)cc1. The van der Waals surface area contributed by atoms with Gasteiger partial charge >= 0.3 is 0 Å². The monoisotopic (exact) mass is 296 g/mol. The molecule has 0 saturated heterocycles. The quantitative estimate of drug-likeness (QED) is 0.450. The molecular weight excluding hydrogens is 276 g/mol. The molecule has 0 heterocycles. The van der Waals surface area contributed by atoms with E-state index in [2.05, 4.69) is 19.6 Å². The first kappa shape index (κ1) is 15.3. The first-order chi connectivity index (χ1) is 9.94. The van der Waals surface area contributed by atoms with Crippen molar-refractivity contribution in [3.8, 4) is 5.75 Å². The van der Waals surface area contributed by atoms with Crippen LogP contribution in [0, 0.1) is 0 Å². The highest BCUT2D eigenvalue weighted by atomic mass is 28.4. The molecule has 0 aliphatic heterocycles. The van der Waals surface area contributed by atoms with Crippen LogP contribution in [-0.2, 0) is 0 Å². The average Bonchev–Trinajstić information content (AvgIpc) is 2.45. The van der Waals surface area contributed by atoms with Crippen LogP contribution in [0.4, 0.5) is 0 Å². The minimum absolute atomic E-state index is 0.0121. The fourth-order valence-corrected chi connectivity index (χ4v) is 2.71. The molecule has 0 N–H and O–H groups in total. The zero-order valence-corrected chi connectivity index (χ0v) is 13.7. The van der Waals surface area contributed by atoms with Gasteiger partial charge in [-0.25, -0.2) is 0 Å². The highest BCUT2D eigenvalue weighted by Gasteiger charge is 2.15. The lowest BCUT2D eigenvalue weighted by molar-refractivity contribution is 0.104. The van der Waals surface area contributed by atoms with E-state index in [1.165, 1.54) is 0 Å². The molecule has 0 fully saturated rings. The number of hydrogen-bond donors (Lipinski definition) is 0. The number of carbonyl (C=O) groups is 1. The molecule has 0 bridgehead atoms. The minimum atomic E-state index is -1.57. The second-order valence-electron chi connectivity index (χ2n) is 5.85. The second kappa shape index (κ2) is 6.55. The molecule has 0 unspecified atom stereocenters. The number of hydrogen-bond acceptors (Lipinski definition) is 2.